The summed E-state index contributed by atoms with van der Waals surface area (Å²) < 4.78 is 36.5. The van der Waals surface area contributed by atoms with Gasteiger partial charge in [-0.1, -0.05) is 13.3 Å². The van der Waals surface area contributed by atoms with Gasteiger partial charge in [0.1, 0.15) is 0 Å². The molecule has 2 amide bonds. The lowest BCUT2D eigenvalue weighted by atomic mass is 10.2. The van der Waals surface area contributed by atoms with Crippen LogP contribution in [0.2, 0.25) is 0 Å². The number of nitrogens with one attached hydrogen (secondary N) is 2. The topological polar surface area (TPSA) is 141 Å². The lowest BCUT2D eigenvalue weighted by Crippen LogP contribution is -2.30. The molecule has 2 aromatic rings. The van der Waals surface area contributed by atoms with E-state index in [1.54, 1.807) is 13.8 Å². The molecular formula is C21H25N3O7S. The van der Waals surface area contributed by atoms with E-state index in [0.29, 0.717) is 12.1 Å². The molecule has 0 saturated carbocycles. The maximum Gasteiger partial charge on any atom is 0.515 e. The Morgan fingerprint density at radius 1 is 1.00 bits per heavy atom. The maximum absolute atomic E-state index is 12.5. The predicted octanol–water partition coefficient (Wildman–Crippen LogP) is 2.65. The molecule has 2 rings (SSSR count). The molecule has 1 aromatic carbocycles. The molecule has 10 nitrogen and oxygen atoms in total. The Kier molecular flexibility index (Phi) is 8.71. The fourth-order valence-corrected chi connectivity index (χ4v) is 3.36. The molecule has 0 saturated heterocycles. The Morgan fingerprint density at radius 3 is 2.22 bits per heavy atom. The van der Waals surface area contributed by atoms with Gasteiger partial charge in [0, 0.05) is 24.4 Å². The number of ether oxygens (including phenoxy) is 2. The number of hydrogen-bond acceptors (Lipinski definition) is 8. The summed E-state index contributed by atoms with van der Waals surface area (Å²) in [7, 11) is -4.18. The van der Waals surface area contributed by atoms with Crippen molar-refractivity contribution >= 4 is 28.0 Å². The van der Waals surface area contributed by atoms with Crippen LogP contribution < -0.4 is 14.8 Å². The Bertz CT molecular complexity index is 1050. The first-order valence-electron chi connectivity index (χ1n) is 9.92. The van der Waals surface area contributed by atoms with E-state index in [9.17, 15) is 22.8 Å². The van der Waals surface area contributed by atoms with Crippen molar-refractivity contribution in [3.63, 3.8) is 0 Å². The molecule has 0 aliphatic carbocycles. The number of nitrogens with zero attached hydrogens (tertiary/aromatic N) is 1. The molecule has 0 spiro atoms. The third-order valence-corrected chi connectivity index (χ3v) is 5.34. The van der Waals surface area contributed by atoms with Crippen LogP contribution in [-0.2, 0) is 14.8 Å². The number of aromatic nitrogens is 1. The Labute approximate surface area is 186 Å². The van der Waals surface area contributed by atoms with Crippen LogP contribution in [0.15, 0.2) is 47.5 Å². The zero-order chi connectivity index (χ0) is 23.7. The molecule has 0 atom stereocenters. The van der Waals surface area contributed by atoms with Crippen molar-refractivity contribution in [1.82, 2.24) is 15.0 Å². The normalized spacial score (nSPS) is 11.0. The number of hydrogen-bond donors (Lipinski definition) is 2. The van der Waals surface area contributed by atoms with Crippen LogP contribution in [0.3, 0.4) is 0 Å². The molecule has 0 aliphatic rings. The highest BCUT2D eigenvalue weighted by Gasteiger charge is 2.20. The Hall–Kier alpha value is -3.47. The van der Waals surface area contributed by atoms with Crippen LogP contribution in [0.4, 0.5) is 4.79 Å². The molecule has 1 heterocycles. The SMILES string of the molecule is CCCCNC(=O)c1ccc(S(=O)(=O)NC(=O)c2ccc(OC(=O)OC(C)C)nc2)cc1. The van der Waals surface area contributed by atoms with Gasteiger partial charge in [-0.3, -0.25) is 9.59 Å². The van der Waals surface area contributed by atoms with Crippen LogP contribution in [0.5, 0.6) is 5.88 Å². The van der Waals surface area contributed by atoms with Crippen molar-refractivity contribution in [2.75, 3.05) is 6.54 Å². The van der Waals surface area contributed by atoms with E-state index in [-0.39, 0.29) is 28.4 Å². The van der Waals surface area contributed by atoms with Gasteiger partial charge < -0.3 is 14.8 Å². The summed E-state index contributed by atoms with van der Waals surface area (Å²) in [6.07, 6.45) is 1.52. The zero-order valence-electron chi connectivity index (χ0n) is 18.0. The van der Waals surface area contributed by atoms with Gasteiger partial charge in [-0.25, -0.2) is 22.9 Å². The van der Waals surface area contributed by atoms with E-state index in [1.807, 2.05) is 11.6 Å². The molecule has 11 heteroatoms. The first kappa shape index (κ1) is 24.8. The fraction of sp³-hybridized carbons (Fsp3) is 0.333. The van der Waals surface area contributed by atoms with Gasteiger partial charge in [0.15, 0.2) is 0 Å². The molecule has 0 bridgehead atoms. The van der Waals surface area contributed by atoms with E-state index in [0.717, 1.165) is 19.0 Å². The van der Waals surface area contributed by atoms with Crippen molar-refractivity contribution in [1.29, 1.82) is 0 Å². The van der Waals surface area contributed by atoms with Crippen LogP contribution >= 0.6 is 0 Å². The minimum absolute atomic E-state index is 0.0647. The first-order valence-corrected chi connectivity index (χ1v) is 11.4. The molecule has 172 valence electrons. The van der Waals surface area contributed by atoms with E-state index in [1.165, 1.54) is 36.4 Å². The van der Waals surface area contributed by atoms with Crippen LogP contribution in [0.25, 0.3) is 0 Å². The third-order valence-electron chi connectivity index (χ3n) is 3.99. The van der Waals surface area contributed by atoms with E-state index < -0.39 is 22.1 Å². The van der Waals surface area contributed by atoms with Crippen LogP contribution in [-0.4, -0.2) is 44.0 Å². The zero-order valence-corrected chi connectivity index (χ0v) is 18.8. The summed E-state index contributed by atoms with van der Waals surface area (Å²) in [6.45, 7) is 5.83. The second-order valence-corrected chi connectivity index (χ2v) is 8.65. The average molecular weight is 464 g/mol. The van der Waals surface area contributed by atoms with Gasteiger partial charge in [-0.05, 0) is 50.6 Å². The van der Waals surface area contributed by atoms with Gasteiger partial charge in [-0.2, -0.15) is 0 Å². The number of carbonyl (C=O) groups is 3. The van der Waals surface area contributed by atoms with E-state index in [2.05, 4.69) is 10.3 Å². The van der Waals surface area contributed by atoms with E-state index >= 15 is 0 Å². The van der Waals surface area contributed by atoms with Gasteiger partial charge >= 0.3 is 6.16 Å². The van der Waals surface area contributed by atoms with Crippen LogP contribution in [0.1, 0.15) is 54.3 Å². The number of carbonyl (C=O) groups excluding carboxylic acids is 3. The molecule has 0 radical (unpaired) electrons. The molecule has 0 aliphatic heterocycles. The van der Waals surface area contributed by atoms with Gasteiger partial charge in [0.25, 0.3) is 21.8 Å². The average Bonchev–Trinajstić information content (AvgIpc) is 2.73. The van der Waals surface area contributed by atoms with Crippen LogP contribution in [0, 0.1) is 0 Å². The minimum atomic E-state index is -4.18. The summed E-state index contributed by atoms with van der Waals surface area (Å²) in [5, 5.41) is 2.73. The number of rotatable bonds is 9. The summed E-state index contributed by atoms with van der Waals surface area (Å²) in [4.78, 5) is 39.4. The number of pyridine rings is 1. The largest absolute Gasteiger partial charge is 0.515 e. The summed E-state index contributed by atoms with van der Waals surface area (Å²) in [5.74, 6) is -1.34. The maximum atomic E-state index is 12.5. The summed E-state index contributed by atoms with van der Waals surface area (Å²) in [5.41, 5.74) is 0.243. The van der Waals surface area contributed by atoms with E-state index in [4.69, 9.17) is 9.47 Å². The van der Waals surface area contributed by atoms with Crippen molar-refractivity contribution in [3.05, 3.63) is 53.7 Å². The molecule has 2 N–H and O–H groups in total. The summed E-state index contributed by atoms with van der Waals surface area (Å²) >= 11 is 0. The highest BCUT2D eigenvalue weighted by Crippen LogP contribution is 2.13. The Morgan fingerprint density at radius 2 is 1.66 bits per heavy atom. The minimum Gasteiger partial charge on any atom is -0.431 e. The second-order valence-electron chi connectivity index (χ2n) is 6.97. The van der Waals surface area contributed by atoms with Crippen molar-refractivity contribution < 1.29 is 32.3 Å². The monoisotopic (exact) mass is 463 g/mol. The quantitative estimate of drug-likeness (QED) is 0.427. The third kappa shape index (κ3) is 7.34. The lowest BCUT2D eigenvalue weighted by molar-refractivity contribution is 0.0715. The number of benzene rings is 1. The highest BCUT2D eigenvalue weighted by molar-refractivity contribution is 7.90. The molecule has 32 heavy (non-hydrogen) atoms. The van der Waals surface area contributed by atoms with Gasteiger partial charge in [0.2, 0.25) is 5.88 Å². The molecule has 0 fully saturated rings. The summed E-state index contributed by atoms with van der Waals surface area (Å²) in [6, 6.07) is 7.68. The first-order chi connectivity index (χ1) is 15.1. The predicted molar refractivity (Wildman–Crippen MR) is 115 cm³/mol. The van der Waals surface area contributed by atoms with Gasteiger partial charge in [0.05, 0.1) is 16.6 Å². The number of sulfonamides is 1. The standard InChI is InChI=1S/C21H25N3O7S/c1-4-5-12-22-19(25)15-6-9-17(10-7-15)32(28,29)24-20(26)16-8-11-18(23-13-16)31-21(27)30-14(2)3/h6-11,13-14H,4-5,12H2,1-3H3,(H,22,25)(H,24,26). The Balaban J connectivity index is 2.01. The smallest absolute Gasteiger partial charge is 0.431 e. The lowest BCUT2D eigenvalue weighted by Gasteiger charge is -2.09. The van der Waals surface area contributed by atoms with Crippen molar-refractivity contribution in [2.45, 2.75) is 44.6 Å². The fourth-order valence-electron chi connectivity index (χ4n) is 2.38. The molecule has 1 aromatic heterocycles. The molecule has 0 unspecified atom stereocenters. The van der Waals surface area contributed by atoms with Crippen molar-refractivity contribution in [2.24, 2.45) is 0 Å². The molecular weight excluding hydrogens is 438 g/mol. The van der Waals surface area contributed by atoms with Crippen molar-refractivity contribution in [3.8, 4) is 5.88 Å². The highest BCUT2D eigenvalue weighted by atomic mass is 32.2. The van der Waals surface area contributed by atoms with Gasteiger partial charge in [-0.15, -0.1) is 0 Å². The number of unbranched alkanes of at least 4 members (excludes halogenated alkanes) is 1. The second kappa shape index (κ2) is 11.2. The number of amides is 2.